The van der Waals surface area contributed by atoms with Crippen molar-refractivity contribution in [2.24, 2.45) is 5.41 Å². The first kappa shape index (κ1) is 12.3. The van der Waals surface area contributed by atoms with Gasteiger partial charge in [-0.1, -0.05) is 13.8 Å². The van der Waals surface area contributed by atoms with Gasteiger partial charge in [0.2, 0.25) is 0 Å². The van der Waals surface area contributed by atoms with E-state index in [9.17, 15) is 0 Å². The molecule has 2 heteroatoms. The minimum atomic E-state index is 0.526. The zero-order valence-electron chi connectivity index (χ0n) is 9.52. The molecule has 0 aliphatic heterocycles. The lowest BCUT2D eigenvalue weighted by Crippen LogP contribution is -2.26. The van der Waals surface area contributed by atoms with Crippen LogP contribution in [-0.2, 0) is 4.74 Å². The monoisotopic (exact) mass is 218 g/mol. The molecule has 1 aliphatic carbocycles. The standard InChI is InChI=1S/C12H23ClO/c1-12(2)7-5-11(6-8-12)14-10-4-3-9-13/h11H,3-10H2,1-2H3. The van der Waals surface area contributed by atoms with E-state index in [1.165, 1.54) is 25.7 Å². The SMILES string of the molecule is CC1(C)CCC(OCCCCCl)CC1. The summed E-state index contributed by atoms with van der Waals surface area (Å²) in [5.74, 6) is 0.765. The maximum Gasteiger partial charge on any atom is 0.0575 e. The molecule has 0 spiro atoms. The maximum atomic E-state index is 5.82. The van der Waals surface area contributed by atoms with Crippen molar-refractivity contribution in [2.45, 2.75) is 58.5 Å². The average molecular weight is 219 g/mol. The second-order valence-corrected chi connectivity index (χ2v) is 5.51. The first-order valence-electron chi connectivity index (χ1n) is 5.82. The van der Waals surface area contributed by atoms with Gasteiger partial charge >= 0.3 is 0 Å². The van der Waals surface area contributed by atoms with Crippen molar-refractivity contribution in [2.75, 3.05) is 12.5 Å². The summed E-state index contributed by atoms with van der Waals surface area (Å²) in [4.78, 5) is 0. The quantitative estimate of drug-likeness (QED) is 0.501. The topological polar surface area (TPSA) is 9.23 Å². The van der Waals surface area contributed by atoms with E-state index in [2.05, 4.69) is 13.8 Å². The largest absolute Gasteiger partial charge is 0.378 e. The predicted octanol–water partition coefficient (Wildman–Crippen LogP) is 3.99. The van der Waals surface area contributed by atoms with Crippen molar-refractivity contribution in [1.82, 2.24) is 0 Å². The molecule has 0 aromatic heterocycles. The zero-order chi connectivity index (χ0) is 10.4. The molecular formula is C12H23ClO. The molecule has 0 aromatic carbocycles. The summed E-state index contributed by atoms with van der Waals surface area (Å²) >= 11 is 5.60. The molecule has 1 rings (SSSR count). The van der Waals surface area contributed by atoms with Crippen LogP contribution in [0.15, 0.2) is 0 Å². The lowest BCUT2D eigenvalue weighted by Gasteiger charge is -2.34. The molecule has 84 valence electrons. The summed E-state index contributed by atoms with van der Waals surface area (Å²) in [7, 11) is 0. The Bertz CT molecular complexity index is 146. The van der Waals surface area contributed by atoms with Crippen molar-refractivity contribution in [3.05, 3.63) is 0 Å². The Morgan fingerprint density at radius 1 is 1.21 bits per heavy atom. The van der Waals surface area contributed by atoms with Gasteiger partial charge in [0.1, 0.15) is 0 Å². The van der Waals surface area contributed by atoms with Gasteiger partial charge in [-0.2, -0.15) is 0 Å². The predicted molar refractivity (Wildman–Crippen MR) is 61.9 cm³/mol. The van der Waals surface area contributed by atoms with Crippen LogP contribution >= 0.6 is 11.6 Å². The number of rotatable bonds is 5. The van der Waals surface area contributed by atoms with E-state index in [1.54, 1.807) is 0 Å². The number of halogens is 1. The van der Waals surface area contributed by atoms with Gasteiger partial charge in [0.05, 0.1) is 6.10 Å². The summed E-state index contributed by atoms with van der Waals surface area (Å²) < 4.78 is 5.82. The van der Waals surface area contributed by atoms with Crippen LogP contribution in [0.1, 0.15) is 52.4 Å². The van der Waals surface area contributed by atoms with Crippen LogP contribution in [0.25, 0.3) is 0 Å². The number of hydrogen-bond donors (Lipinski definition) is 0. The fourth-order valence-corrected chi connectivity index (χ4v) is 2.17. The van der Waals surface area contributed by atoms with E-state index in [1.807, 2.05) is 0 Å². The third-order valence-electron chi connectivity index (χ3n) is 3.17. The Morgan fingerprint density at radius 3 is 2.43 bits per heavy atom. The fraction of sp³-hybridized carbons (Fsp3) is 1.00. The minimum Gasteiger partial charge on any atom is -0.378 e. The van der Waals surface area contributed by atoms with Gasteiger partial charge in [0.25, 0.3) is 0 Å². The second kappa shape index (κ2) is 5.97. The third-order valence-corrected chi connectivity index (χ3v) is 3.43. The molecule has 0 amide bonds. The molecule has 0 N–H and O–H groups in total. The van der Waals surface area contributed by atoms with Gasteiger partial charge in [0, 0.05) is 12.5 Å². The molecule has 0 heterocycles. The Labute approximate surface area is 93.2 Å². The van der Waals surface area contributed by atoms with Crippen molar-refractivity contribution in [3.63, 3.8) is 0 Å². The van der Waals surface area contributed by atoms with Gasteiger partial charge in [-0.3, -0.25) is 0 Å². The Hall–Kier alpha value is 0.250. The van der Waals surface area contributed by atoms with Crippen LogP contribution < -0.4 is 0 Å². The first-order valence-corrected chi connectivity index (χ1v) is 6.35. The van der Waals surface area contributed by atoms with Crippen molar-refractivity contribution >= 4 is 11.6 Å². The van der Waals surface area contributed by atoms with Crippen LogP contribution in [0.2, 0.25) is 0 Å². The van der Waals surface area contributed by atoms with E-state index in [-0.39, 0.29) is 0 Å². The lowest BCUT2D eigenvalue weighted by atomic mass is 9.76. The molecule has 0 atom stereocenters. The van der Waals surface area contributed by atoms with Gasteiger partial charge < -0.3 is 4.74 Å². The van der Waals surface area contributed by atoms with Crippen molar-refractivity contribution in [3.8, 4) is 0 Å². The molecule has 0 radical (unpaired) electrons. The highest BCUT2D eigenvalue weighted by atomic mass is 35.5. The van der Waals surface area contributed by atoms with Gasteiger partial charge in [-0.05, 0) is 43.9 Å². The highest BCUT2D eigenvalue weighted by Gasteiger charge is 2.26. The molecular weight excluding hydrogens is 196 g/mol. The summed E-state index contributed by atoms with van der Waals surface area (Å²) in [6, 6.07) is 0. The summed E-state index contributed by atoms with van der Waals surface area (Å²) in [6.07, 6.45) is 7.84. The second-order valence-electron chi connectivity index (χ2n) is 5.13. The highest BCUT2D eigenvalue weighted by Crippen LogP contribution is 2.36. The molecule has 0 saturated heterocycles. The minimum absolute atomic E-state index is 0.526. The van der Waals surface area contributed by atoms with E-state index >= 15 is 0 Å². The van der Waals surface area contributed by atoms with Crippen molar-refractivity contribution in [1.29, 1.82) is 0 Å². The summed E-state index contributed by atoms with van der Waals surface area (Å²) in [5.41, 5.74) is 0.552. The molecule has 1 fully saturated rings. The lowest BCUT2D eigenvalue weighted by molar-refractivity contribution is 0.00328. The van der Waals surface area contributed by atoms with Gasteiger partial charge in [-0.25, -0.2) is 0 Å². The summed E-state index contributed by atoms with van der Waals surface area (Å²) in [6.45, 7) is 5.62. The molecule has 0 unspecified atom stereocenters. The maximum absolute atomic E-state index is 5.82. The first-order chi connectivity index (χ1) is 6.64. The Kier molecular flexibility index (Phi) is 5.25. The number of ether oxygens (including phenoxy) is 1. The molecule has 1 nitrogen and oxygen atoms in total. The molecule has 14 heavy (non-hydrogen) atoms. The van der Waals surface area contributed by atoms with Crippen LogP contribution in [0.5, 0.6) is 0 Å². The Balaban J connectivity index is 2.04. The average Bonchev–Trinajstić information content (AvgIpc) is 2.15. The third kappa shape index (κ3) is 4.65. The normalized spacial score (nSPS) is 22.5. The van der Waals surface area contributed by atoms with Crippen molar-refractivity contribution < 1.29 is 4.74 Å². The van der Waals surface area contributed by atoms with Crippen LogP contribution in [-0.4, -0.2) is 18.6 Å². The molecule has 1 saturated carbocycles. The number of hydrogen-bond acceptors (Lipinski definition) is 1. The van der Waals surface area contributed by atoms with E-state index in [0.717, 1.165) is 25.3 Å². The van der Waals surface area contributed by atoms with Crippen LogP contribution in [0.4, 0.5) is 0 Å². The van der Waals surface area contributed by atoms with Gasteiger partial charge in [0.15, 0.2) is 0 Å². The van der Waals surface area contributed by atoms with E-state index in [4.69, 9.17) is 16.3 Å². The molecule has 0 aromatic rings. The highest BCUT2D eigenvalue weighted by molar-refractivity contribution is 6.17. The molecule has 1 aliphatic rings. The number of unbranched alkanes of at least 4 members (excludes halogenated alkanes) is 1. The van der Waals surface area contributed by atoms with Gasteiger partial charge in [-0.15, -0.1) is 11.6 Å². The smallest absolute Gasteiger partial charge is 0.0575 e. The fourth-order valence-electron chi connectivity index (χ4n) is 1.99. The van der Waals surface area contributed by atoms with Crippen LogP contribution in [0.3, 0.4) is 0 Å². The Morgan fingerprint density at radius 2 is 1.86 bits per heavy atom. The zero-order valence-corrected chi connectivity index (χ0v) is 10.3. The van der Waals surface area contributed by atoms with E-state index in [0.29, 0.717) is 11.5 Å². The van der Waals surface area contributed by atoms with Crippen LogP contribution in [0, 0.1) is 5.41 Å². The summed E-state index contributed by atoms with van der Waals surface area (Å²) in [5, 5.41) is 0. The molecule has 0 bridgehead atoms. The number of alkyl halides is 1. The van der Waals surface area contributed by atoms with E-state index < -0.39 is 0 Å².